The third-order valence-electron chi connectivity index (χ3n) is 3.83. The standard InChI is InChI=1S/C20H21N3O3S2/c1-12(2)9-15-17(19(25)26-3)23-20(28-15)22-16(24)10-14-11-27-18(21-14)13-7-5-4-6-8-13/h4-8,11-12H,9-10H2,1-3H3,(H,22,23,24). The number of benzene rings is 1. The maximum absolute atomic E-state index is 12.4. The van der Waals surface area contributed by atoms with E-state index in [0.29, 0.717) is 23.2 Å². The molecule has 1 aromatic carbocycles. The number of hydrogen-bond acceptors (Lipinski definition) is 7. The Balaban J connectivity index is 1.69. The molecule has 0 spiro atoms. The van der Waals surface area contributed by atoms with E-state index in [9.17, 15) is 9.59 Å². The van der Waals surface area contributed by atoms with Crippen molar-refractivity contribution in [2.75, 3.05) is 12.4 Å². The number of anilines is 1. The SMILES string of the molecule is COC(=O)c1nc(NC(=O)Cc2csc(-c3ccccc3)n2)sc1CC(C)C. The van der Waals surface area contributed by atoms with Gasteiger partial charge in [0.05, 0.1) is 19.2 Å². The van der Waals surface area contributed by atoms with E-state index >= 15 is 0 Å². The third-order valence-corrected chi connectivity index (χ3v) is 5.76. The van der Waals surface area contributed by atoms with E-state index in [1.54, 1.807) is 0 Å². The molecule has 0 aliphatic rings. The van der Waals surface area contributed by atoms with Gasteiger partial charge in [-0.25, -0.2) is 14.8 Å². The second-order valence-corrected chi connectivity index (χ2v) is 8.56. The number of carbonyl (C=O) groups excluding carboxylic acids is 2. The average molecular weight is 416 g/mol. The summed E-state index contributed by atoms with van der Waals surface area (Å²) in [5, 5.41) is 5.94. The number of rotatable bonds is 7. The molecule has 1 amide bonds. The van der Waals surface area contributed by atoms with Gasteiger partial charge < -0.3 is 10.1 Å². The van der Waals surface area contributed by atoms with Crippen LogP contribution in [-0.4, -0.2) is 29.0 Å². The minimum atomic E-state index is -0.487. The number of amides is 1. The molecule has 6 nitrogen and oxygen atoms in total. The van der Waals surface area contributed by atoms with Crippen molar-refractivity contribution in [3.05, 3.63) is 52.0 Å². The highest BCUT2D eigenvalue weighted by Gasteiger charge is 2.21. The largest absolute Gasteiger partial charge is 0.464 e. The molecule has 0 atom stereocenters. The van der Waals surface area contributed by atoms with Crippen LogP contribution in [0.3, 0.4) is 0 Å². The molecule has 3 rings (SSSR count). The van der Waals surface area contributed by atoms with Crippen molar-refractivity contribution in [2.24, 2.45) is 5.92 Å². The van der Waals surface area contributed by atoms with Gasteiger partial charge >= 0.3 is 5.97 Å². The number of hydrogen-bond donors (Lipinski definition) is 1. The van der Waals surface area contributed by atoms with Crippen LogP contribution in [0.15, 0.2) is 35.7 Å². The first kappa shape index (κ1) is 20.2. The van der Waals surface area contributed by atoms with Crippen LogP contribution in [-0.2, 0) is 22.4 Å². The molecule has 1 N–H and O–H groups in total. The molecule has 0 unspecified atom stereocenters. The Bertz CT molecular complexity index is 964. The van der Waals surface area contributed by atoms with Crippen LogP contribution in [0.5, 0.6) is 0 Å². The molecule has 0 bridgehead atoms. The smallest absolute Gasteiger partial charge is 0.357 e. The average Bonchev–Trinajstić information content (AvgIpc) is 3.28. The topological polar surface area (TPSA) is 81.2 Å². The molecule has 0 saturated heterocycles. The normalized spacial score (nSPS) is 10.9. The summed E-state index contributed by atoms with van der Waals surface area (Å²) in [6.45, 7) is 4.12. The summed E-state index contributed by atoms with van der Waals surface area (Å²) in [5.74, 6) is -0.343. The van der Waals surface area contributed by atoms with Gasteiger partial charge in [0.15, 0.2) is 10.8 Å². The molecule has 28 heavy (non-hydrogen) atoms. The highest BCUT2D eigenvalue weighted by atomic mass is 32.1. The molecule has 0 radical (unpaired) electrons. The quantitative estimate of drug-likeness (QED) is 0.577. The number of nitrogens with zero attached hydrogens (tertiary/aromatic N) is 2. The molecular weight excluding hydrogens is 394 g/mol. The third kappa shape index (κ3) is 5.02. The monoisotopic (exact) mass is 415 g/mol. The van der Waals surface area contributed by atoms with Gasteiger partial charge in [0, 0.05) is 15.8 Å². The summed E-state index contributed by atoms with van der Waals surface area (Å²) in [5.41, 5.74) is 2.00. The molecule has 0 saturated carbocycles. The first-order chi connectivity index (χ1) is 13.5. The van der Waals surface area contributed by atoms with Crippen LogP contribution in [0, 0.1) is 5.92 Å². The van der Waals surface area contributed by atoms with Crippen molar-refractivity contribution < 1.29 is 14.3 Å². The fourth-order valence-electron chi connectivity index (χ4n) is 2.60. The Labute approximate surface area is 171 Å². The van der Waals surface area contributed by atoms with Gasteiger partial charge in [0.25, 0.3) is 0 Å². The van der Waals surface area contributed by atoms with Crippen LogP contribution >= 0.6 is 22.7 Å². The van der Waals surface area contributed by atoms with E-state index in [0.717, 1.165) is 15.4 Å². The Morgan fingerprint density at radius 3 is 2.61 bits per heavy atom. The van der Waals surface area contributed by atoms with Crippen LogP contribution in [0.4, 0.5) is 5.13 Å². The van der Waals surface area contributed by atoms with E-state index in [1.807, 2.05) is 35.7 Å². The fraction of sp³-hybridized carbons (Fsp3) is 0.300. The van der Waals surface area contributed by atoms with Crippen molar-refractivity contribution >= 4 is 39.7 Å². The first-order valence-corrected chi connectivity index (χ1v) is 10.5. The van der Waals surface area contributed by atoms with Crippen molar-refractivity contribution in [3.8, 4) is 10.6 Å². The molecule has 2 aromatic heterocycles. The maximum atomic E-state index is 12.4. The fourth-order valence-corrected chi connectivity index (χ4v) is 4.60. The number of ether oxygens (including phenoxy) is 1. The van der Waals surface area contributed by atoms with E-state index in [1.165, 1.54) is 29.8 Å². The summed E-state index contributed by atoms with van der Waals surface area (Å²) < 4.78 is 4.80. The van der Waals surface area contributed by atoms with Crippen molar-refractivity contribution in [2.45, 2.75) is 26.7 Å². The van der Waals surface area contributed by atoms with Crippen molar-refractivity contribution in [1.82, 2.24) is 9.97 Å². The molecule has 2 heterocycles. The molecule has 146 valence electrons. The zero-order valence-electron chi connectivity index (χ0n) is 15.9. The lowest BCUT2D eigenvalue weighted by atomic mass is 10.1. The second-order valence-electron chi connectivity index (χ2n) is 6.62. The van der Waals surface area contributed by atoms with Gasteiger partial charge in [-0.05, 0) is 12.3 Å². The van der Waals surface area contributed by atoms with Crippen LogP contribution in [0.25, 0.3) is 10.6 Å². The highest BCUT2D eigenvalue weighted by Crippen LogP contribution is 2.27. The van der Waals surface area contributed by atoms with Gasteiger partial charge in [0.2, 0.25) is 5.91 Å². The van der Waals surface area contributed by atoms with Crippen molar-refractivity contribution in [3.63, 3.8) is 0 Å². The highest BCUT2D eigenvalue weighted by molar-refractivity contribution is 7.16. The Kier molecular flexibility index (Phi) is 6.53. The molecule has 0 aliphatic carbocycles. The van der Waals surface area contributed by atoms with Crippen LogP contribution < -0.4 is 5.32 Å². The van der Waals surface area contributed by atoms with E-state index in [2.05, 4.69) is 29.1 Å². The van der Waals surface area contributed by atoms with Gasteiger partial charge in [-0.2, -0.15) is 0 Å². The predicted octanol–water partition coefficient (Wildman–Crippen LogP) is 4.43. The molecule has 3 aromatic rings. The second kappa shape index (κ2) is 9.07. The zero-order valence-corrected chi connectivity index (χ0v) is 17.5. The van der Waals surface area contributed by atoms with Gasteiger partial charge in [-0.15, -0.1) is 22.7 Å². The maximum Gasteiger partial charge on any atom is 0.357 e. The summed E-state index contributed by atoms with van der Waals surface area (Å²) >= 11 is 2.82. The first-order valence-electron chi connectivity index (χ1n) is 8.84. The van der Waals surface area contributed by atoms with Gasteiger partial charge in [0.1, 0.15) is 5.01 Å². The van der Waals surface area contributed by atoms with Gasteiger partial charge in [-0.1, -0.05) is 44.2 Å². The zero-order chi connectivity index (χ0) is 20.1. The summed E-state index contributed by atoms with van der Waals surface area (Å²) in [7, 11) is 1.33. The predicted molar refractivity (Wildman–Crippen MR) is 112 cm³/mol. The molecule has 8 heteroatoms. The number of methoxy groups -OCH3 is 1. The molecule has 0 fully saturated rings. The lowest BCUT2D eigenvalue weighted by Gasteiger charge is -2.02. The summed E-state index contributed by atoms with van der Waals surface area (Å²) in [6, 6.07) is 9.85. The number of esters is 1. The Morgan fingerprint density at radius 1 is 1.18 bits per heavy atom. The summed E-state index contributed by atoms with van der Waals surface area (Å²) in [6.07, 6.45) is 0.848. The Morgan fingerprint density at radius 2 is 1.93 bits per heavy atom. The number of aromatic nitrogens is 2. The van der Waals surface area contributed by atoms with E-state index in [4.69, 9.17) is 4.74 Å². The Hall–Kier alpha value is -2.58. The van der Waals surface area contributed by atoms with Gasteiger partial charge in [-0.3, -0.25) is 4.79 Å². The number of carbonyl (C=O) groups is 2. The molecule has 0 aliphatic heterocycles. The lowest BCUT2D eigenvalue weighted by Crippen LogP contribution is -2.14. The lowest BCUT2D eigenvalue weighted by molar-refractivity contribution is -0.115. The van der Waals surface area contributed by atoms with E-state index in [-0.39, 0.29) is 18.0 Å². The van der Waals surface area contributed by atoms with Crippen LogP contribution in [0.2, 0.25) is 0 Å². The summed E-state index contributed by atoms with van der Waals surface area (Å²) in [4.78, 5) is 34.0. The molecular formula is C20H21N3O3S2. The number of thiazole rings is 2. The van der Waals surface area contributed by atoms with Crippen LogP contribution in [0.1, 0.15) is 34.9 Å². The van der Waals surface area contributed by atoms with E-state index < -0.39 is 5.97 Å². The minimum absolute atomic E-state index is 0.149. The number of nitrogens with one attached hydrogen (secondary N) is 1. The van der Waals surface area contributed by atoms with Crippen molar-refractivity contribution in [1.29, 1.82) is 0 Å². The minimum Gasteiger partial charge on any atom is -0.464 e.